The molecule has 0 aromatic heterocycles. The molecule has 1 heterocycles. The molecule has 0 aromatic carbocycles. The van der Waals surface area contributed by atoms with Gasteiger partial charge in [0, 0.05) is 12.7 Å². The van der Waals surface area contributed by atoms with Crippen LogP contribution >= 0.6 is 0 Å². The highest BCUT2D eigenvalue weighted by atomic mass is 32.2. The zero-order valence-electron chi connectivity index (χ0n) is 8.98. The summed E-state index contributed by atoms with van der Waals surface area (Å²) in [5, 5.41) is 7.61. The van der Waals surface area contributed by atoms with Crippen LogP contribution in [0.5, 0.6) is 0 Å². The average molecular weight is 247 g/mol. The Labute approximate surface area is 93.8 Å². The minimum Gasteiger partial charge on any atom is -0.462 e. The summed E-state index contributed by atoms with van der Waals surface area (Å²) in [7, 11) is -3.73. The van der Waals surface area contributed by atoms with Gasteiger partial charge in [0.15, 0.2) is 5.84 Å². The molecular formula is C8H13N3O4S. The molecule has 0 aliphatic carbocycles. The maximum atomic E-state index is 11.4. The van der Waals surface area contributed by atoms with Gasteiger partial charge in [-0.15, -0.1) is 0 Å². The molecule has 0 saturated heterocycles. The smallest absolute Gasteiger partial charge is 0.343 e. The summed E-state index contributed by atoms with van der Waals surface area (Å²) in [5.41, 5.74) is -0.0986. The number of esters is 1. The zero-order valence-corrected chi connectivity index (χ0v) is 9.80. The van der Waals surface area contributed by atoms with Gasteiger partial charge in [-0.05, 0) is 13.8 Å². The third kappa shape index (κ3) is 2.16. The number of hydrogen-bond acceptors (Lipinski definition) is 5. The number of carbonyl (C=O) groups is 1. The van der Waals surface area contributed by atoms with Gasteiger partial charge in [-0.1, -0.05) is 0 Å². The first-order chi connectivity index (χ1) is 7.44. The fraction of sp³-hybridized carbons (Fsp3) is 0.500. The first-order valence-electron chi connectivity index (χ1n) is 4.70. The Hall–Kier alpha value is -1.57. The number of nitrogens with one attached hydrogen (secondary N) is 2. The van der Waals surface area contributed by atoms with Crippen molar-refractivity contribution in [3.05, 3.63) is 11.8 Å². The molecule has 1 aliphatic heterocycles. The molecule has 0 bridgehead atoms. The van der Waals surface area contributed by atoms with Gasteiger partial charge >= 0.3 is 16.2 Å². The van der Waals surface area contributed by atoms with Crippen molar-refractivity contribution in [2.45, 2.75) is 13.8 Å². The molecule has 0 spiro atoms. The molecule has 2 N–H and O–H groups in total. The predicted molar refractivity (Wildman–Crippen MR) is 56.9 cm³/mol. The average Bonchev–Trinajstić information content (AvgIpc) is 2.17. The summed E-state index contributed by atoms with van der Waals surface area (Å²) in [4.78, 5) is 11.4. The topological polar surface area (TPSA) is 99.6 Å². The molecule has 8 heteroatoms. The molecule has 90 valence electrons. The molecule has 0 unspecified atom stereocenters. The molecule has 16 heavy (non-hydrogen) atoms. The van der Waals surface area contributed by atoms with E-state index in [1.807, 2.05) is 0 Å². The van der Waals surface area contributed by atoms with Crippen LogP contribution in [-0.2, 0) is 19.7 Å². The molecule has 0 fully saturated rings. The van der Waals surface area contributed by atoms with E-state index in [2.05, 4.69) is 4.72 Å². The van der Waals surface area contributed by atoms with Crippen molar-refractivity contribution in [3.63, 3.8) is 0 Å². The van der Waals surface area contributed by atoms with E-state index in [4.69, 9.17) is 10.1 Å². The Morgan fingerprint density at radius 2 is 2.19 bits per heavy atom. The fourth-order valence-electron chi connectivity index (χ4n) is 1.21. The van der Waals surface area contributed by atoms with Gasteiger partial charge in [0.05, 0.1) is 6.61 Å². The van der Waals surface area contributed by atoms with Gasteiger partial charge in [0.2, 0.25) is 0 Å². The van der Waals surface area contributed by atoms with Crippen LogP contribution < -0.4 is 4.72 Å². The highest BCUT2D eigenvalue weighted by Crippen LogP contribution is 2.13. The normalized spacial score (nSPS) is 18.8. The molecule has 1 aliphatic rings. The van der Waals surface area contributed by atoms with E-state index in [-0.39, 0.29) is 24.6 Å². The summed E-state index contributed by atoms with van der Waals surface area (Å²) >= 11 is 0. The van der Waals surface area contributed by atoms with Crippen molar-refractivity contribution in [1.29, 1.82) is 5.41 Å². The van der Waals surface area contributed by atoms with Crippen LogP contribution in [-0.4, -0.2) is 37.7 Å². The van der Waals surface area contributed by atoms with Crippen LogP contribution in [0.15, 0.2) is 11.8 Å². The second-order valence-corrected chi connectivity index (χ2v) is 4.54. The van der Waals surface area contributed by atoms with Crippen LogP contribution in [0.1, 0.15) is 13.8 Å². The van der Waals surface area contributed by atoms with Gasteiger partial charge in [-0.3, -0.25) is 10.1 Å². The second-order valence-electron chi connectivity index (χ2n) is 2.91. The number of nitrogens with zero attached hydrogens (tertiary/aromatic N) is 1. The van der Waals surface area contributed by atoms with E-state index in [0.717, 1.165) is 10.5 Å². The molecule has 7 nitrogen and oxygen atoms in total. The molecule has 0 atom stereocenters. The number of likely N-dealkylation sites (N-methyl/N-ethyl adjacent to an activating group) is 1. The summed E-state index contributed by atoms with van der Waals surface area (Å²) in [6.07, 6.45) is 0.974. The third-order valence-electron chi connectivity index (χ3n) is 1.93. The highest BCUT2D eigenvalue weighted by molar-refractivity contribution is 7.87. The van der Waals surface area contributed by atoms with Crippen LogP contribution in [0.4, 0.5) is 0 Å². The molecule has 1 rings (SSSR count). The Morgan fingerprint density at radius 3 is 2.69 bits per heavy atom. The number of carbonyl (C=O) groups excluding carboxylic acids is 1. The van der Waals surface area contributed by atoms with Crippen LogP contribution in [0.2, 0.25) is 0 Å². The first-order valence-corrected chi connectivity index (χ1v) is 6.14. The fourth-order valence-corrected chi connectivity index (χ4v) is 2.29. The lowest BCUT2D eigenvalue weighted by atomic mass is 10.2. The SMILES string of the molecule is CCOC(=O)C1=CNS(=O)(=O)N(CC)C1=N. The third-order valence-corrected chi connectivity index (χ3v) is 3.37. The van der Waals surface area contributed by atoms with Crippen molar-refractivity contribution in [2.24, 2.45) is 0 Å². The summed E-state index contributed by atoms with van der Waals surface area (Å²) < 4.78 is 30.4. The van der Waals surface area contributed by atoms with Crippen molar-refractivity contribution in [3.8, 4) is 0 Å². The minimum atomic E-state index is -3.73. The summed E-state index contributed by atoms with van der Waals surface area (Å²) in [5.74, 6) is -1.09. The molecule has 0 amide bonds. The van der Waals surface area contributed by atoms with E-state index in [9.17, 15) is 13.2 Å². The largest absolute Gasteiger partial charge is 0.462 e. The van der Waals surface area contributed by atoms with Gasteiger partial charge in [0.25, 0.3) is 0 Å². The van der Waals surface area contributed by atoms with Crippen molar-refractivity contribution < 1.29 is 17.9 Å². The lowest BCUT2D eigenvalue weighted by Crippen LogP contribution is -2.48. The lowest BCUT2D eigenvalue weighted by Gasteiger charge is -2.27. The molecule has 0 radical (unpaired) electrons. The van der Waals surface area contributed by atoms with Crippen molar-refractivity contribution in [2.75, 3.05) is 13.2 Å². The van der Waals surface area contributed by atoms with Gasteiger partial charge in [-0.2, -0.15) is 8.42 Å². The Kier molecular flexibility index (Phi) is 3.53. The predicted octanol–water partition coefficient (Wildman–Crippen LogP) is -0.419. The summed E-state index contributed by atoms with van der Waals surface area (Å²) in [6, 6.07) is 0. The maximum absolute atomic E-state index is 11.4. The number of amidine groups is 1. The quantitative estimate of drug-likeness (QED) is 0.661. The van der Waals surface area contributed by atoms with Gasteiger partial charge in [-0.25, -0.2) is 9.10 Å². The van der Waals surface area contributed by atoms with E-state index in [1.165, 1.54) is 0 Å². The second kappa shape index (κ2) is 4.52. The first kappa shape index (κ1) is 12.5. The van der Waals surface area contributed by atoms with Gasteiger partial charge < -0.3 is 4.74 Å². The van der Waals surface area contributed by atoms with Crippen molar-refractivity contribution in [1.82, 2.24) is 9.03 Å². The van der Waals surface area contributed by atoms with E-state index >= 15 is 0 Å². The standard InChI is InChI=1S/C8H13N3O4S/c1-3-11-7(9)6(8(12)15-4-2)5-10-16(11,13)14/h5,9-10H,3-4H2,1-2H3. The van der Waals surface area contributed by atoms with Crippen LogP contribution in [0, 0.1) is 5.41 Å². The molecular weight excluding hydrogens is 234 g/mol. The van der Waals surface area contributed by atoms with E-state index < -0.39 is 16.2 Å². The highest BCUT2D eigenvalue weighted by Gasteiger charge is 2.32. The zero-order chi connectivity index (χ0) is 12.3. The Bertz CT molecular complexity index is 440. The van der Waals surface area contributed by atoms with Gasteiger partial charge in [0.1, 0.15) is 5.57 Å². The monoisotopic (exact) mass is 247 g/mol. The van der Waals surface area contributed by atoms with Crippen LogP contribution in [0.3, 0.4) is 0 Å². The molecule has 0 aromatic rings. The van der Waals surface area contributed by atoms with E-state index in [1.54, 1.807) is 13.8 Å². The number of ether oxygens (including phenoxy) is 1. The Morgan fingerprint density at radius 1 is 1.56 bits per heavy atom. The lowest BCUT2D eigenvalue weighted by molar-refractivity contribution is -0.137. The Balaban J connectivity index is 3.04. The minimum absolute atomic E-state index is 0.0743. The number of hydrogen-bond donors (Lipinski definition) is 2. The molecule has 0 saturated carbocycles. The maximum Gasteiger partial charge on any atom is 0.343 e. The van der Waals surface area contributed by atoms with Crippen molar-refractivity contribution >= 4 is 22.0 Å². The van der Waals surface area contributed by atoms with E-state index in [0.29, 0.717) is 0 Å². The summed E-state index contributed by atoms with van der Waals surface area (Å²) in [6.45, 7) is 3.45. The number of rotatable bonds is 3. The van der Waals surface area contributed by atoms with Crippen LogP contribution in [0.25, 0.3) is 0 Å².